The van der Waals surface area contributed by atoms with Gasteiger partial charge in [0.1, 0.15) is 30.0 Å². The summed E-state index contributed by atoms with van der Waals surface area (Å²) in [5.74, 6) is 1.29. The van der Waals surface area contributed by atoms with Gasteiger partial charge in [-0.15, -0.1) is 0 Å². The fourth-order valence-corrected chi connectivity index (χ4v) is 4.95. The molecule has 2 aliphatic heterocycles. The molecule has 3 aromatic carbocycles. The van der Waals surface area contributed by atoms with Gasteiger partial charge in [0.25, 0.3) is 0 Å². The fraction of sp³-hybridized carbons (Fsp3) is 0.300. The molecule has 2 aliphatic rings. The third-order valence-electron chi connectivity index (χ3n) is 6.70. The molecule has 1 fully saturated rings. The zero-order valence-corrected chi connectivity index (χ0v) is 20.6. The third kappa shape index (κ3) is 5.09. The van der Waals surface area contributed by atoms with Crippen molar-refractivity contribution >= 4 is 5.97 Å². The second kappa shape index (κ2) is 10.1. The summed E-state index contributed by atoms with van der Waals surface area (Å²) in [5.41, 5.74) is 7.53. The Kier molecular flexibility index (Phi) is 6.70. The van der Waals surface area contributed by atoms with Crippen LogP contribution in [-0.4, -0.2) is 37.0 Å². The summed E-state index contributed by atoms with van der Waals surface area (Å²) < 4.78 is 23.3. The number of rotatable bonds is 8. The average Bonchev–Trinajstić information content (AvgIpc) is 3.42. The van der Waals surface area contributed by atoms with Crippen molar-refractivity contribution in [1.82, 2.24) is 0 Å². The highest BCUT2D eigenvalue weighted by molar-refractivity contribution is 5.72. The molecule has 0 radical (unpaired) electrons. The first-order chi connectivity index (χ1) is 17.4. The van der Waals surface area contributed by atoms with Gasteiger partial charge in [-0.25, -0.2) is 0 Å². The Morgan fingerprint density at radius 2 is 1.86 bits per heavy atom. The van der Waals surface area contributed by atoms with Crippen LogP contribution in [0, 0.1) is 13.8 Å². The van der Waals surface area contributed by atoms with Crippen LogP contribution >= 0.6 is 0 Å². The molecule has 0 spiro atoms. The van der Waals surface area contributed by atoms with Crippen LogP contribution in [0.4, 0.5) is 0 Å². The lowest BCUT2D eigenvalue weighted by Crippen LogP contribution is -2.17. The number of aliphatic carboxylic acids is 1. The van der Waals surface area contributed by atoms with Crippen molar-refractivity contribution in [1.29, 1.82) is 0 Å². The molecule has 6 heteroatoms. The Hall–Kier alpha value is -3.77. The van der Waals surface area contributed by atoms with Crippen molar-refractivity contribution in [3.05, 3.63) is 89.0 Å². The summed E-state index contributed by atoms with van der Waals surface area (Å²) in [5, 5.41) is 9.09. The zero-order chi connectivity index (χ0) is 25.2. The van der Waals surface area contributed by atoms with E-state index in [-0.39, 0.29) is 18.4 Å². The summed E-state index contributed by atoms with van der Waals surface area (Å²) in [4.78, 5) is 11.1. The molecule has 0 aromatic heterocycles. The van der Waals surface area contributed by atoms with Crippen molar-refractivity contribution < 1.29 is 28.8 Å². The lowest BCUT2D eigenvalue weighted by Gasteiger charge is -2.17. The number of aryl methyl sites for hydroxylation is 2. The number of carboxylic acids is 1. The Bertz CT molecular complexity index is 1290. The maximum atomic E-state index is 11.1. The van der Waals surface area contributed by atoms with E-state index in [9.17, 15) is 4.79 Å². The number of hydrogen-bond acceptors (Lipinski definition) is 5. The van der Waals surface area contributed by atoms with Gasteiger partial charge in [0.2, 0.25) is 0 Å². The Morgan fingerprint density at radius 1 is 1.06 bits per heavy atom. The summed E-state index contributed by atoms with van der Waals surface area (Å²) in [6.07, 6.45) is -0.0289. The topological polar surface area (TPSA) is 74.2 Å². The smallest absolute Gasteiger partial charge is 0.304 e. The second-order valence-electron chi connectivity index (χ2n) is 9.51. The van der Waals surface area contributed by atoms with E-state index in [0.717, 1.165) is 39.1 Å². The van der Waals surface area contributed by atoms with Gasteiger partial charge in [-0.3, -0.25) is 4.79 Å². The molecule has 0 saturated carbocycles. The summed E-state index contributed by atoms with van der Waals surface area (Å²) in [6, 6.07) is 18.1. The predicted octanol–water partition coefficient (Wildman–Crippen LogP) is 5.83. The molecule has 5 rings (SSSR count). The van der Waals surface area contributed by atoms with Crippen LogP contribution in [0.25, 0.3) is 11.1 Å². The predicted molar refractivity (Wildman–Crippen MR) is 137 cm³/mol. The van der Waals surface area contributed by atoms with Gasteiger partial charge in [0.05, 0.1) is 26.2 Å². The largest absolute Gasteiger partial charge is 0.492 e. The minimum Gasteiger partial charge on any atom is -0.492 e. The molecule has 2 atom stereocenters. The molecular weight excluding hydrogens is 456 g/mol. The van der Waals surface area contributed by atoms with E-state index in [0.29, 0.717) is 37.9 Å². The average molecular weight is 487 g/mol. The molecule has 1 N–H and O–H groups in total. The van der Waals surface area contributed by atoms with Crippen molar-refractivity contribution in [3.8, 4) is 28.4 Å². The van der Waals surface area contributed by atoms with Crippen LogP contribution in [0.15, 0.2) is 66.7 Å². The molecule has 0 aliphatic carbocycles. The maximum absolute atomic E-state index is 11.1. The van der Waals surface area contributed by atoms with Gasteiger partial charge in [-0.2, -0.15) is 0 Å². The molecule has 2 heterocycles. The number of carbonyl (C=O) groups is 1. The van der Waals surface area contributed by atoms with E-state index in [1.165, 1.54) is 5.56 Å². The van der Waals surface area contributed by atoms with E-state index < -0.39 is 5.97 Å². The van der Waals surface area contributed by atoms with Crippen LogP contribution in [-0.2, 0) is 16.1 Å². The van der Waals surface area contributed by atoms with Crippen LogP contribution < -0.4 is 14.2 Å². The number of benzene rings is 3. The van der Waals surface area contributed by atoms with Crippen molar-refractivity contribution in [3.63, 3.8) is 0 Å². The summed E-state index contributed by atoms with van der Waals surface area (Å²) >= 11 is 0. The molecular formula is C30H30O6. The standard InChI is InChI=1S/C30H30O6/c1-18-9-25(36-28-17-33-14-20(28)3)10-19(2)30(18)22-6-4-5-21(11-22)15-34-24-7-8-26-23(12-29(31)32)16-35-27(26)13-24/h4-11,13,23,28H,3,12,14-17H2,1-2H3,(H,31,32). The lowest BCUT2D eigenvalue weighted by atomic mass is 9.94. The molecule has 36 heavy (non-hydrogen) atoms. The highest BCUT2D eigenvalue weighted by atomic mass is 16.5. The van der Waals surface area contributed by atoms with E-state index in [1.54, 1.807) is 0 Å². The van der Waals surface area contributed by atoms with Gasteiger partial charge < -0.3 is 24.1 Å². The molecule has 1 saturated heterocycles. The highest BCUT2D eigenvalue weighted by Gasteiger charge is 2.27. The number of hydrogen-bond donors (Lipinski definition) is 1. The first-order valence-corrected chi connectivity index (χ1v) is 12.1. The van der Waals surface area contributed by atoms with Gasteiger partial charge in [-0.05, 0) is 71.5 Å². The molecule has 6 nitrogen and oxygen atoms in total. The summed E-state index contributed by atoms with van der Waals surface area (Å²) in [7, 11) is 0. The Labute approximate surface area is 211 Å². The SMILES string of the molecule is C=C1COCC1Oc1cc(C)c(-c2cccc(COc3ccc4c(c3)OCC4CC(=O)O)c2)c(C)c1. The van der Waals surface area contributed by atoms with Crippen LogP contribution in [0.2, 0.25) is 0 Å². The fourth-order valence-electron chi connectivity index (χ4n) is 4.95. The van der Waals surface area contributed by atoms with Crippen molar-refractivity contribution in [2.75, 3.05) is 19.8 Å². The zero-order valence-electron chi connectivity index (χ0n) is 20.6. The highest BCUT2D eigenvalue weighted by Crippen LogP contribution is 2.38. The lowest BCUT2D eigenvalue weighted by molar-refractivity contribution is -0.137. The van der Waals surface area contributed by atoms with Crippen LogP contribution in [0.3, 0.4) is 0 Å². The van der Waals surface area contributed by atoms with E-state index >= 15 is 0 Å². The van der Waals surface area contributed by atoms with E-state index in [1.807, 2.05) is 30.3 Å². The van der Waals surface area contributed by atoms with Gasteiger partial charge in [-0.1, -0.05) is 30.8 Å². The maximum Gasteiger partial charge on any atom is 0.304 e. The number of fused-ring (bicyclic) bond motifs is 1. The molecule has 0 amide bonds. The minimum atomic E-state index is -0.821. The molecule has 186 valence electrons. The van der Waals surface area contributed by atoms with Crippen LogP contribution in [0.5, 0.6) is 17.2 Å². The normalized spacial score (nSPS) is 18.6. The first-order valence-electron chi connectivity index (χ1n) is 12.1. The monoisotopic (exact) mass is 486 g/mol. The molecule has 0 bridgehead atoms. The third-order valence-corrected chi connectivity index (χ3v) is 6.70. The number of carboxylic acid groups (broad SMARTS) is 1. The van der Waals surface area contributed by atoms with Crippen LogP contribution in [0.1, 0.15) is 34.6 Å². The van der Waals surface area contributed by atoms with Crippen molar-refractivity contribution in [2.45, 2.75) is 38.9 Å². The van der Waals surface area contributed by atoms with E-state index in [4.69, 9.17) is 24.1 Å². The van der Waals surface area contributed by atoms with E-state index in [2.05, 4.69) is 44.7 Å². The van der Waals surface area contributed by atoms with Gasteiger partial charge in [0, 0.05) is 17.5 Å². The Balaban J connectivity index is 1.28. The molecule has 2 unspecified atom stereocenters. The first kappa shape index (κ1) is 23.9. The Morgan fingerprint density at radius 3 is 2.58 bits per heavy atom. The second-order valence-corrected chi connectivity index (χ2v) is 9.51. The van der Waals surface area contributed by atoms with Crippen molar-refractivity contribution in [2.24, 2.45) is 0 Å². The minimum absolute atomic E-state index is 0.0657. The van der Waals surface area contributed by atoms with Gasteiger partial charge in [0.15, 0.2) is 0 Å². The summed E-state index contributed by atoms with van der Waals surface area (Å²) in [6.45, 7) is 10.1. The molecule has 3 aromatic rings. The number of ether oxygens (including phenoxy) is 4. The van der Waals surface area contributed by atoms with Gasteiger partial charge >= 0.3 is 5.97 Å². The quantitative estimate of drug-likeness (QED) is 0.404.